The summed E-state index contributed by atoms with van der Waals surface area (Å²) in [6, 6.07) is 21.6. The van der Waals surface area contributed by atoms with E-state index >= 15 is 0 Å². The summed E-state index contributed by atoms with van der Waals surface area (Å²) < 4.78 is 10.6. The van der Waals surface area contributed by atoms with Crippen molar-refractivity contribution in [3.63, 3.8) is 0 Å². The molecule has 1 fully saturated rings. The van der Waals surface area contributed by atoms with E-state index < -0.39 is 41.6 Å². The summed E-state index contributed by atoms with van der Waals surface area (Å²) in [6.45, 7) is 3.44. The minimum atomic E-state index is -1.05. The third-order valence-electron chi connectivity index (χ3n) is 6.96. The molecular formula is C32H35N3O7. The van der Waals surface area contributed by atoms with Gasteiger partial charge >= 0.3 is 6.09 Å². The van der Waals surface area contributed by atoms with E-state index in [4.69, 9.17) is 9.47 Å². The highest BCUT2D eigenvalue weighted by Gasteiger charge is 2.50. The van der Waals surface area contributed by atoms with E-state index in [2.05, 4.69) is 16.0 Å². The van der Waals surface area contributed by atoms with Crippen molar-refractivity contribution in [1.82, 2.24) is 16.0 Å². The molecule has 4 N–H and O–H groups in total. The van der Waals surface area contributed by atoms with E-state index in [1.807, 2.05) is 60.7 Å². The molecule has 1 heterocycles. The Kier molecular flexibility index (Phi) is 9.93. The van der Waals surface area contributed by atoms with Gasteiger partial charge in [-0.2, -0.15) is 0 Å². The number of Topliss-reactive ketones (excluding diaryl/α,β-unsaturated/α-hetero) is 1. The fourth-order valence-corrected chi connectivity index (χ4v) is 4.33. The van der Waals surface area contributed by atoms with Crippen molar-refractivity contribution in [2.75, 3.05) is 6.61 Å². The molecule has 0 bridgehead atoms. The lowest BCUT2D eigenvalue weighted by Gasteiger charge is -2.25. The molecule has 4 atom stereocenters. The minimum Gasteiger partial charge on any atom is -0.508 e. The van der Waals surface area contributed by atoms with Crippen molar-refractivity contribution in [1.29, 1.82) is 0 Å². The first-order valence-electron chi connectivity index (χ1n) is 13.7. The molecule has 4 unspecified atom stereocenters. The van der Waals surface area contributed by atoms with Gasteiger partial charge in [0.1, 0.15) is 30.0 Å². The number of hydrogen-bond donors (Lipinski definition) is 4. The highest BCUT2D eigenvalue weighted by molar-refractivity contribution is 5.98. The second-order valence-corrected chi connectivity index (χ2v) is 10.5. The molecule has 3 aromatic rings. The van der Waals surface area contributed by atoms with Gasteiger partial charge in [0.15, 0.2) is 5.78 Å². The molecule has 42 heavy (non-hydrogen) atoms. The van der Waals surface area contributed by atoms with Crippen LogP contribution in [0.15, 0.2) is 84.9 Å². The summed E-state index contributed by atoms with van der Waals surface area (Å²) in [6.07, 6.45) is -0.457. The maximum absolute atomic E-state index is 13.6. The summed E-state index contributed by atoms with van der Waals surface area (Å²) in [4.78, 5) is 52.3. The average molecular weight is 574 g/mol. The Morgan fingerprint density at radius 2 is 1.31 bits per heavy atom. The Balaban J connectivity index is 1.44. The van der Waals surface area contributed by atoms with Crippen LogP contribution < -0.4 is 16.0 Å². The summed E-state index contributed by atoms with van der Waals surface area (Å²) in [5, 5.41) is 17.6. The zero-order chi connectivity index (χ0) is 30.1. The molecule has 0 aliphatic carbocycles. The standard InChI is InChI=1S/C32H35N3O7/c1-21(33-31(40)41-19-24-11-7-4-8-12-24)29(38)35-27(18-22-9-5-3-6-10-22)30(39)34-26(28(37)32(2)20-42-32)17-23-13-15-25(36)16-14-23/h3-16,21,26-27,36H,17-20H2,1-2H3,(H,33,40)(H,34,39)(H,35,38). The van der Waals surface area contributed by atoms with Gasteiger partial charge in [0.25, 0.3) is 0 Å². The molecular weight excluding hydrogens is 538 g/mol. The van der Waals surface area contributed by atoms with Crippen LogP contribution in [0.5, 0.6) is 5.75 Å². The Bertz CT molecular complexity index is 1380. The van der Waals surface area contributed by atoms with Crippen molar-refractivity contribution >= 4 is 23.7 Å². The molecule has 1 aliphatic rings. The maximum atomic E-state index is 13.6. The highest BCUT2D eigenvalue weighted by Crippen LogP contribution is 2.29. The summed E-state index contributed by atoms with van der Waals surface area (Å²) in [7, 11) is 0. The highest BCUT2D eigenvalue weighted by atomic mass is 16.6. The van der Waals surface area contributed by atoms with Crippen LogP contribution >= 0.6 is 0 Å². The smallest absolute Gasteiger partial charge is 0.408 e. The molecule has 0 spiro atoms. The molecule has 220 valence electrons. The van der Waals surface area contributed by atoms with Gasteiger partial charge in [-0.05, 0) is 49.1 Å². The largest absolute Gasteiger partial charge is 0.508 e. The molecule has 0 aromatic heterocycles. The zero-order valence-electron chi connectivity index (χ0n) is 23.5. The van der Waals surface area contributed by atoms with Crippen LogP contribution in [0.3, 0.4) is 0 Å². The van der Waals surface area contributed by atoms with E-state index in [9.17, 15) is 24.3 Å². The van der Waals surface area contributed by atoms with Crippen LogP contribution in [0, 0.1) is 0 Å². The van der Waals surface area contributed by atoms with Crippen molar-refractivity contribution in [2.24, 2.45) is 0 Å². The number of hydrogen-bond acceptors (Lipinski definition) is 7. The third-order valence-corrected chi connectivity index (χ3v) is 6.96. The fraction of sp³-hybridized carbons (Fsp3) is 0.312. The Morgan fingerprint density at radius 1 is 0.786 bits per heavy atom. The van der Waals surface area contributed by atoms with Gasteiger partial charge in [-0.25, -0.2) is 4.79 Å². The van der Waals surface area contributed by atoms with Gasteiger partial charge in [-0.3, -0.25) is 14.4 Å². The number of epoxide rings is 1. The molecule has 0 saturated carbocycles. The normalized spacial score (nSPS) is 17.7. The monoisotopic (exact) mass is 573 g/mol. The van der Waals surface area contributed by atoms with Gasteiger partial charge in [-0.15, -0.1) is 0 Å². The molecule has 1 aliphatic heterocycles. The Hall–Kier alpha value is -4.70. The van der Waals surface area contributed by atoms with Crippen molar-refractivity contribution in [3.8, 4) is 5.75 Å². The molecule has 4 rings (SSSR count). The van der Waals surface area contributed by atoms with Crippen molar-refractivity contribution < 1.29 is 33.8 Å². The molecule has 1 saturated heterocycles. The van der Waals surface area contributed by atoms with Crippen LogP contribution in [0.4, 0.5) is 4.79 Å². The van der Waals surface area contributed by atoms with Gasteiger partial charge < -0.3 is 30.5 Å². The first-order chi connectivity index (χ1) is 20.1. The van der Waals surface area contributed by atoms with Crippen LogP contribution in [0.1, 0.15) is 30.5 Å². The number of rotatable bonds is 13. The number of phenols is 1. The first-order valence-corrected chi connectivity index (χ1v) is 13.7. The Morgan fingerprint density at radius 3 is 1.90 bits per heavy atom. The number of aromatic hydroxyl groups is 1. The first kappa shape index (κ1) is 30.3. The van der Waals surface area contributed by atoms with Gasteiger partial charge in [-0.1, -0.05) is 72.8 Å². The van der Waals surface area contributed by atoms with Crippen molar-refractivity contribution in [2.45, 2.75) is 57.0 Å². The fourth-order valence-electron chi connectivity index (χ4n) is 4.33. The zero-order valence-corrected chi connectivity index (χ0v) is 23.5. The third kappa shape index (κ3) is 8.65. The summed E-state index contributed by atoms with van der Waals surface area (Å²) in [5.41, 5.74) is 1.32. The van der Waals surface area contributed by atoms with Gasteiger partial charge in [0.2, 0.25) is 11.8 Å². The molecule has 0 radical (unpaired) electrons. The number of amides is 3. The maximum Gasteiger partial charge on any atom is 0.408 e. The second-order valence-electron chi connectivity index (χ2n) is 10.5. The minimum absolute atomic E-state index is 0.0408. The lowest BCUT2D eigenvalue weighted by atomic mass is 9.94. The van der Waals surface area contributed by atoms with E-state index in [-0.39, 0.29) is 37.6 Å². The van der Waals surface area contributed by atoms with E-state index in [1.165, 1.54) is 19.1 Å². The number of ketones is 1. The van der Waals surface area contributed by atoms with Crippen molar-refractivity contribution in [3.05, 3.63) is 102 Å². The SMILES string of the molecule is CC(NC(=O)OCc1ccccc1)C(=O)NC(Cc1ccccc1)C(=O)NC(Cc1ccc(O)cc1)C(=O)C1(C)CO1. The van der Waals surface area contributed by atoms with E-state index in [1.54, 1.807) is 19.1 Å². The average Bonchev–Trinajstić information content (AvgIpc) is 3.75. The number of benzene rings is 3. The molecule has 10 heteroatoms. The lowest BCUT2D eigenvalue weighted by Crippen LogP contribution is -2.57. The second kappa shape index (κ2) is 13.8. The topological polar surface area (TPSA) is 146 Å². The quantitative estimate of drug-likeness (QED) is 0.230. The summed E-state index contributed by atoms with van der Waals surface area (Å²) in [5.74, 6) is -1.36. The predicted molar refractivity (Wildman–Crippen MR) is 154 cm³/mol. The number of nitrogens with one attached hydrogen (secondary N) is 3. The predicted octanol–water partition coefficient (Wildman–Crippen LogP) is 2.82. The number of carbonyl (C=O) groups is 4. The van der Waals surface area contributed by atoms with Crippen LogP contribution in [0.2, 0.25) is 0 Å². The van der Waals surface area contributed by atoms with Gasteiger partial charge in [0, 0.05) is 6.42 Å². The molecule has 3 amide bonds. The van der Waals surface area contributed by atoms with E-state index in [0.29, 0.717) is 0 Å². The Labute approximate surface area is 244 Å². The number of alkyl carbamates (subject to hydrolysis) is 1. The molecule has 3 aromatic carbocycles. The van der Waals surface area contributed by atoms with Crippen LogP contribution in [-0.2, 0) is 43.3 Å². The summed E-state index contributed by atoms with van der Waals surface area (Å²) >= 11 is 0. The van der Waals surface area contributed by atoms with Gasteiger partial charge in [0.05, 0.1) is 12.6 Å². The number of phenolic OH excluding ortho intramolecular Hbond substituents is 1. The van der Waals surface area contributed by atoms with E-state index in [0.717, 1.165) is 16.7 Å². The van der Waals surface area contributed by atoms with Crippen LogP contribution in [-0.4, -0.2) is 59.1 Å². The number of ether oxygens (including phenoxy) is 2. The van der Waals surface area contributed by atoms with Crippen LogP contribution in [0.25, 0.3) is 0 Å². The lowest BCUT2D eigenvalue weighted by molar-refractivity contribution is -0.133. The molecule has 10 nitrogen and oxygen atoms in total. The number of carbonyl (C=O) groups excluding carboxylic acids is 4.